The lowest BCUT2D eigenvalue weighted by molar-refractivity contribution is -0.119. The summed E-state index contributed by atoms with van der Waals surface area (Å²) in [5, 5.41) is 0. The van der Waals surface area contributed by atoms with E-state index in [4.69, 9.17) is 10.5 Å². The Morgan fingerprint density at radius 1 is 1.26 bits per heavy atom. The Bertz CT molecular complexity index is 676. The maximum atomic E-state index is 12.5. The number of hydrogen-bond acceptors (Lipinski definition) is 3. The number of nitrogens with zero attached hydrogens (tertiary/aromatic N) is 1. The van der Waals surface area contributed by atoms with Crippen LogP contribution in [0.15, 0.2) is 48.5 Å². The fourth-order valence-corrected chi connectivity index (χ4v) is 2.71. The molecule has 0 spiro atoms. The molecule has 122 valence electrons. The van der Waals surface area contributed by atoms with Crippen molar-refractivity contribution in [3.8, 4) is 5.75 Å². The van der Waals surface area contributed by atoms with Gasteiger partial charge in [-0.2, -0.15) is 0 Å². The smallest absolute Gasteiger partial charge is 0.243 e. The molecular weight excluding hydrogens is 312 g/mol. The number of carbonyl (C=O) groups is 1. The summed E-state index contributed by atoms with van der Waals surface area (Å²) in [5.74, 6) is 0.834. The predicted octanol–water partition coefficient (Wildman–Crippen LogP) is 2.58. The van der Waals surface area contributed by atoms with E-state index < -0.39 is 6.04 Å². The van der Waals surface area contributed by atoms with Gasteiger partial charge in [0.05, 0.1) is 12.6 Å². The summed E-state index contributed by atoms with van der Waals surface area (Å²) in [5.41, 5.74) is 9.16. The molecule has 1 atom stereocenters. The molecule has 1 aliphatic rings. The molecule has 1 aliphatic heterocycles. The van der Waals surface area contributed by atoms with Crippen molar-refractivity contribution in [3.05, 3.63) is 59.7 Å². The molecule has 2 aromatic carbocycles. The molecule has 3 rings (SSSR count). The summed E-state index contributed by atoms with van der Waals surface area (Å²) in [6, 6.07) is 15.1. The summed E-state index contributed by atoms with van der Waals surface area (Å²) in [7, 11) is 1.77. The topological polar surface area (TPSA) is 55.6 Å². The van der Waals surface area contributed by atoms with Crippen molar-refractivity contribution in [2.24, 2.45) is 5.73 Å². The highest BCUT2D eigenvalue weighted by Crippen LogP contribution is 2.29. The van der Waals surface area contributed by atoms with Gasteiger partial charge in [-0.15, -0.1) is 12.4 Å². The fraction of sp³-hybridized carbons (Fsp3) is 0.278. The van der Waals surface area contributed by atoms with E-state index in [1.54, 1.807) is 11.9 Å². The standard InChI is InChI=1S/C18H20N2O2.ClH/c1-20(15-7-8-17-14(12-15)9-10-22-17)18(21)16(19)11-13-5-3-2-4-6-13;/h2-8,12,16H,9-11,19H2,1H3;1H/t16-;/m0./s1. The summed E-state index contributed by atoms with van der Waals surface area (Å²) in [6.07, 6.45) is 1.43. The van der Waals surface area contributed by atoms with Crippen LogP contribution in [-0.4, -0.2) is 25.6 Å². The molecule has 0 aliphatic carbocycles. The lowest BCUT2D eigenvalue weighted by Crippen LogP contribution is -2.43. The molecule has 0 unspecified atom stereocenters. The van der Waals surface area contributed by atoms with E-state index >= 15 is 0 Å². The van der Waals surface area contributed by atoms with Gasteiger partial charge in [-0.05, 0) is 35.7 Å². The van der Waals surface area contributed by atoms with E-state index in [1.807, 2.05) is 48.5 Å². The van der Waals surface area contributed by atoms with E-state index in [9.17, 15) is 4.79 Å². The van der Waals surface area contributed by atoms with E-state index in [0.717, 1.165) is 29.0 Å². The van der Waals surface area contributed by atoms with Crippen LogP contribution in [0.2, 0.25) is 0 Å². The third-order valence-corrected chi connectivity index (χ3v) is 4.01. The number of anilines is 1. The Balaban J connectivity index is 0.00000192. The van der Waals surface area contributed by atoms with Gasteiger partial charge < -0.3 is 15.4 Å². The second-order valence-corrected chi connectivity index (χ2v) is 5.58. The van der Waals surface area contributed by atoms with E-state index in [2.05, 4.69) is 0 Å². The number of amides is 1. The average Bonchev–Trinajstić information content (AvgIpc) is 3.02. The van der Waals surface area contributed by atoms with Crippen molar-refractivity contribution < 1.29 is 9.53 Å². The van der Waals surface area contributed by atoms with Crippen LogP contribution in [0, 0.1) is 0 Å². The molecule has 0 aromatic heterocycles. The number of carbonyl (C=O) groups excluding carboxylic acids is 1. The largest absolute Gasteiger partial charge is 0.493 e. The van der Waals surface area contributed by atoms with Crippen LogP contribution < -0.4 is 15.4 Å². The summed E-state index contributed by atoms with van der Waals surface area (Å²) >= 11 is 0. The van der Waals surface area contributed by atoms with Crippen LogP contribution in [0.4, 0.5) is 5.69 Å². The molecule has 2 N–H and O–H groups in total. The van der Waals surface area contributed by atoms with Gasteiger partial charge in [0.15, 0.2) is 0 Å². The third kappa shape index (κ3) is 3.84. The van der Waals surface area contributed by atoms with E-state index in [0.29, 0.717) is 13.0 Å². The van der Waals surface area contributed by atoms with Crippen molar-refractivity contribution in [2.75, 3.05) is 18.6 Å². The lowest BCUT2D eigenvalue weighted by atomic mass is 10.1. The molecular formula is C18H21ClN2O2. The van der Waals surface area contributed by atoms with Gasteiger partial charge in [0.1, 0.15) is 5.75 Å². The maximum Gasteiger partial charge on any atom is 0.243 e. The zero-order valence-electron chi connectivity index (χ0n) is 13.1. The van der Waals surface area contributed by atoms with Gasteiger partial charge in [0.25, 0.3) is 0 Å². The first-order valence-corrected chi connectivity index (χ1v) is 7.48. The minimum absolute atomic E-state index is 0. The lowest BCUT2D eigenvalue weighted by Gasteiger charge is -2.22. The zero-order valence-corrected chi connectivity index (χ0v) is 13.9. The zero-order chi connectivity index (χ0) is 15.5. The molecule has 23 heavy (non-hydrogen) atoms. The number of hydrogen-bond donors (Lipinski definition) is 1. The first kappa shape index (κ1) is 17.3. The molecule has 4 nitrogen and oxygen atoms in total. The molecule has 0 radical (unpaired) electrons. The van der Waals surface area contributed by atoms with Crippen molar-refractivity contribution in [2.45, 2.75) is 18.9 Å². The number of rotatable bonds is 4. The highest BCUT2D eigenvalue weighted by molar-refractivity contribution is 5.96. The number of fused-ring (bicyclic) bond motifs is 1. The molecule has 0 fully saturated rings. The predicted molar refractivity (Wildman–Crippen MR) is 94.4 cm³/mol. The molecule has 0 saturated carbocycles. The van der Waals surface area contributed by atoms with Crippen LogP contribution in [0.3, 0.4) is 0 Å². The molecule has 5 heteroatoms. The van der Waals surface area contributed by atoms with Crippen LogP contribution in [0.25, 0.3) is 0 Å². The Morgan fingerprint density at radius 2 is 2.00 bits per heavy atom. The SMILES string of the molecule is CN(C(=O)[C@@H](N)Cc1ccccc1)c1ccc2c(c1)CCO2.Cl. The molecule has 0 bridgehead atoms. The summed E-state index contributed by atoms with van der Waals surface area (Å²) in [4.78, 5) is 14.1. The second kappa shape index (κ2) is 7.49. The monoisotopic (exact) mass is 332 g/mol. The highest BCUT2D eigenvalue weighted by Gasteiger charge is 2.21. The van der Waals surface area contributed by atoms with Gasteiger partial charge in [0, 0.05) is 19.2 Å². The minimum atomic E-state index is -0.545. The molecule has 1 heterocycles. The van der Waals surface area contributed by atoms with Gasteiger partial charge in [-0.1, -0.05) is 30.3 Å². The van der Waals surface area contributed by atoms with Gasteiger partial charge >= 0.3 is 0 Å². The third-order valence-electron chi connectivity index (χ3n) is 4.01. The van der Waals surface area contributed by atoms with Gasteiger partial charge in [-0.25, -0.2) is 0 Å². The number of likely N-dealkylation sites (N-methyl/N-ethyl adjacent to an activating group) is 1. The molecule has 0 saturated heterocycles. The quantitative estimate of drug-likeness (QED) is 0.936. The normalized spacial score (nSPS) is 13.5. The number of benzene rings is 2. The van der Waals surface area contributed by atoms with Crippen LogP contribution in [0.1, 0.15) is 11.1 Å². The van der Waals surface area contributed by atoms with E-state index in [1.165, 1.54) is 0 Å². The first-order chi connectivity index (χ1) is 10.6. The minimum Gasteiger partial charge on any atom is -0.493 e. The summed E-state index contributed by atoms with van der Waals surface area (Å²) < 4.78 is 5.49. The Morgan fingerprint density at radius 3 is 2.74 bits per heavy atom. The molecule has 1 amide bonds. The Labute approximate surface area is 142 Å². The fourth-order valence-electron chi connectivity index (χ4n) is 2.71. The van der Waals surface area contributed by atoms with Gasteiger partial charge in [-0.3, -0.25) is 4.79 Å². The van der Waals surface area contributed by atoms with Crippen molar-refractivity contribution in [1.82, 2.24) is 0 Å². The van der Waals surface area contributed by atoms with E-state index in [-0.39, 0.29) is 18.3 Å². The number of nitrogens with two attached hydrogens (primary N) is 1. The highest BCUT2D eigenvalue weighted by atomic mass is 35.5. The average molecular weight is 333 g/mol. The van der Waals surface area contributed by atoms with Gasteiger partial charge in [0.2, 0.25) is 5.91 Å². The number of halogens is 1. The summed E-state index contributed by atoms with van der Waals surface area (Å²) in [6.45, 7) is 0.712. The Kier molecular flexibility index (Phi) is 5.64. The first-order valence-electron chi connectivity index (χ1n) is 7.48. The van der Waals surface area contributed by atoms with Crippen molar-refractivity contribution in [1.29, 1.82) is 0 Å². The number of ether oxygens (including phenoxy) is 1. The Hall–Kier alpha value is -2.04. The molecule has 2 aromatic rings. The maximum absolute atomic E-state index is 12.5. The van der Waals surface area contributed by atoms with Crippen LogP contribution in [0.5, 0.6) is 5.75 Å². The van der Waals surface area contributed by atoms with Crippen LogP contribution >= 0.6 is 12.4 Å². The van der Waals surface area contributed by atoms with Crippen molar-refractivity contribution in [3.63, 3.8) is 0 Å². The van der Waals surface area contributed by atoms with Crippen molar-refractivity contribution >= 4 is 24.0 Å². The second-order valence-electron chi connectivity index (χ2n) is 5.58. The van der Waals surface area contributed by atoms with Crippen LogP contribution in [-0.2, 0) is 17.6 Å².